The molecule has 0 radical (unpaired) electrons. The highest BCUT2D eigenvalue weighted by molar-refractivity contribution is 6.03. The van der Waals surface area contributed by atoms with Crippen molar-refractivity contribution in [1.29, 1.82) is 0 Å². The molecular formula is C9H11NO4. The van der Waals surface area contributed by atoms with Crippen LogP contribution in [0, 0.1) is 6.92 Å². The molecule has 0 aliphatic rings. The van der Waals surface area contributed by atoms with Crippen LogP contribution < -0.4 is 0 Å². The van der Waals surface area contributed by atoms with Gasteiger partial charge in [0, 0.05) is 11.9 Å². The molecule has 0 unspecified atom stereocenters. The largest absolute Gasteiger partial charge is 0.465 e. The smallest absolute Gasteiger partial charge is 0.340 e. The first kappa shape index (κ1) is 10.3. The van der Waals surface area contributed by atoms with Crippen LogP contribution in [-0.4, -0.2) is 31.1 Å². The van der Waals surface area contributed by atoms with Gasteiger partial charge in [0.1, 0.15) is 0 Å². The molecule has 0 saturated carbocycles. The fourth-order valence-electron chi connectivity index (χ4n) is 1.16. The number of esters is 2. The molecule has 1 N–H and O–H groups in total. The number of ether oxygens (including phenoxy) is 2. The minimum Gasteiger partial charge on any atom is -0.465 e. The molecule has 1 heterocycles. The van der Waals surface area contributed by atoms with Crippen molar-refractivity contribution in [3.8, 4) is 0 Å². The van der Waals surface area contributed by atoms with Crippen LogP contribution in [0.1, 0.15) is 26.4 Å². The van der Waals surface area contributed by atoms with Crippen LogP contribution in [0.25, 0.3) is 0 Å². The van der Waals surface area contributed by atoms with Gasteiger partial charge in [-0.15, -0.1) is 0 Å². The van der Waals surface area contributed by atoms with Crippen LogP contribution in [0.2, 0.25) is 0 Å². The number of carbonyl (C=O) groups is 2. The van der Waals surface area contributed by atoms with Crippen molar-refractivity contribution in [2.24, 2.45) is 0 Å². The summed E-state index contributed by atoms with van der Waals surface area (Å²) in [6, 6.07) is 0. The Hall–Kier alpha value is -1.78. The average molecular weight is 197 g/mol. The van der Waals surface area contributed by atoms with Crippen molar-refractivity contribution < 1.29 is 19.1 Å². The van der Waals surface area contributed by atoms with E-state index in [0.29, 0.717) is 5.69 Å². The minimum absolute atomic E-state index is 0.192. The predicted molar refractivity (Wildman–Crippen MR) is 48.2 cm³/mol. The third-order valence-electron chi connectivity index (χ3n) is 1.87. The molecule has 0 bridgehead atoms. The van der Waals surface area contributed by atoms with Crippen molar-refractivity contribution in [3.63, 3.8) is 0 Å². The molecule has 0 fully saturated rings. The topological polar surface area (TPSA) is 68.4 Å². The SMILES string of the molecule is COC(=O)c1c[nH]c(C)c1C(=O)OC. The molecule has 14 heavy (non-hydrogen) atoms. The number of H-pyrrole nitrogens is 1. The Balaban J connectivity index is 3.19. The number of aromatic amines is 1. The number of aromatic nitrogens is 1. The third kappa shape index (κ3) is 1.61. The fraction of sp³-hybridized carbons (Fsp3) is 0.333. The molecule has 5 nitrogen and oxygen atoms in total. The van der Waals surface area contributed by atoms with E-state index in [1.54, 1.807) is 6.92 Å². The van der Waals surface area contributed by atoms with Gasteiger partial charge in [-0.1, -0.05) is 0 Å². The second kappa shape index (κ2) is 3.95. The Morgan fingerprint density at radius 3 is 2.29 bits per heavy atom. The lowest BCUT2D eigenvalue weighted by molar-refractivity contribution is 0.0556. The number of rotatable bonds is 2. The zero-order valence-electron chi connectivity index (χ0n) is 8.21. The van der Waals surface area contributed by atoms with Gasteiger partial charge in [-0.05, 0) is 6.92 Å². The summed E-state index contributed by atoms with van der Waals surface area (Å²) in [4.78, 5) is 25.3. The van der Waals surface area contributed by atoms with Gasteiger partial charge in [0.05, 0.1) is 25.3 Å². The Morgan fingerprint density at radius 1 is 1.21 bits per heavy atom. The molecule has 5 heteroatoms. The summed E-state index contributed by atoms with van der Waals surface area (Å²) in [5.74, 6) is -1.11. The molecule has 1 aromatic rings. The lowest BCUT2D eigenvalue weighted by Crippen LogP contribution is -2.10. The first-order chi connectivity index (χ1) is 6.61. The zero-order chi connectivity index (χ0) is 10.7. The summed E-state index contributed by atoms with van der Waals surface area (Å²) in [7, 11) is 2.52. The third-order valence-corrected chi connectivity index (χ3v) is 1.87. The van der Waals surface area contributed by atoms with E-state index in [2.05, 4.69) is 14.5 Å². The highest BCUT2D eigenvalue weighted by Gasteiger charge is 2.22. The number of aryl methyl sites for hydroxylation is 1. The Kier molecular flexibility index (Phi) is 2.91. The molecule has 0 aromatic carbocycles. The summed E-state index contributed by atoms with van der Waals surface area (Å²) in [6.07, 6.45) is 1.42. The molecule has 0 saturated heterocycles. The summed E-state index contributed by atoms with van der Waals surface area (Å²) < 4.78 is 9.06. The van der Waals surface area contributed by atoms with Crippen LogP contribution in [0.15, 0.2) is 6.20 Å². The monoisotopic (exact) mass is 197 g/mol. The van der Waals surface area contributed by atoms with E-state index >= 15 is 0 Å². The van der Waals surface area contributed by atoms with E-state index < -0.39 is 11.9 Å². The van der Waals surface area contributed by atoms with Crippen molar-refractivity contribution in [1.82, 2.24) is 4.98 Å². The van der Waals surface area contributed by atoms with E-state index in [0.717, 1.165) is 0 Å². The standard InChI is InChI=1S/C9H11NO4/c1-5-7(9(12)14-3)6(4-10-5)8(11)13-2/h4,10H,1-3H3. The highest BCUT2D eigenvalue weighted by Crippen LogP contribution is 2.15. The highest BCUT2D eigenvalue weighted by atomic mass is 16.5. The average Bonchev–Trinajstić information content (AvgIpc) is 2.58. The fourth-order valence-corrected chi connectivity index (χ4v) is 1.16. The molecule has 0 aliphatic carbocycles. The van der Waals surface area contributed by atoms with Gasteiger partial charge >= 0.3 is 11.9 Å². The van der Waals surface area contributed by atoms with Crippen LogP contribution >= 0.6 is 0 Å². The minimum atomic E-state index is -0.560. The van der Waals surface area contributed by atoms with Crippen molar-refractivity contribution in [2.75, 3.05) is 14.2 Å². The number of nitrogens with one attached hydrogen (secondary N) is 1. The van der Waals surface area contributed by atoms with Gasteiger partial charge in [0.15, 0.2) is 0 Å². The van der Waals surface area contributed by atoms with Crippen LogP contribution in [0.4, 0.5) is 0 Å². The lowest BCUT2D eigenvalue weighted by atomic mass is 10.1. The second-order valence-corrected chi connectivity index (χ2v) is 2.69. The maximum atomic E-state index is 11.3. The van der Waals surface area contributed by atoms with Gasteiger partial charge in [0.2, 0.25) is 0 Å². The summed E-state index contributed by atoms with van der Waals surface area (Å²) in [5.41, 5.74) is 0.994. The molecule has 0 amide bonds. The van der Waals surface area contributed by atoms with E-state index in [1.807, 2.05) is 0 Å². The molecule has 0 aliphatic heterocycles. The quantitative estimate of drug-likeness (QED) is 0.715. The van der Waals surface area contributed by atoms with Crippen LogP contribution in [-0.2, 0) is 9.47 Å². The van der Waals surface area contributed by atoms with Gasteiger partial charge in [-0.2, -0.15) is 0 Å². The van der Waals surface area contributed by atoms with E-state index in [1.165, 1.54) is 20.4 Å². The molecule has 76 valence electrons. The van der Waals surface area contributed by atoms with Crippen LogP contribution in [0.3, 0.4) is 0 Å². The zero-order valence-corrected chi connectivity index (χ0v) is 8.21. The van der Waals surface area contributed by atoms with Gasteiger partial charge in [-0.3, -0.25) is 0 Å². The van der Waals surface area contributed by atoms with E-state index in [9.17, 15) is 9.59 Å². The first-order valence-corrected chi connectivity index (χ1v) is 3.96. The molecule has 0 atom stereocenters. The van der Waals surface area contributed by atoms with Gasteiger partial charge < -0.3 is 14.5 Å². The Labute approximate surface area is 81.0 Å². The Bertz CT molecular complexity index is 367. The van der Waals surface area contributed by atoms with Gasteiger partial charge in [0.25, 0.3) is 0 Å². The van der Waals surface area contributed by atoms with Crippen molar-refractivity contribution >= 4 is 11.9 Å². The second-order valence-electron chi connectivity index (χ2n) is 2.69. The Morgan fingerprint density at radius 2 is 1.79 bits per heavy atom. The molecule has 1 rings (SSSR count). The molecule has 1 aromatic heterocycles. The maximum Gasteiger partial charge on any atom is 0.340 e. The molecular weight excluding hydrogens is 186 g/mol. The van der Waals surface area contributed by atoms with Gasteiger partial charge in [-0.25, -0.2) is 9.59 Å². The van der Waals surface area contributed by atoms with E-state index in [-0.39, 0.29) is 11.1 Å². The normalized spacial score (nSPS) is 9.64. The number of hydrogen-bond donors (Lipinski definition) is 1. The first-order valence-electron chi connectivity index (χ1n) is 3.96. The van der Waals surface area contributed by atoms with Crippen LogP contribution in [0.5, 0.6) is 0 Å². The predicted octanol–water partition coefficient (Wildman–Crippen LogP) is 0.896. The maximum absolute atomic E-state index is 11.3. The van der Waals surface area contributed by atoms with Crippen molar-refractivity contribution in [2.45, 2.75) is 6.92 Å². The lowest BCUT2D eigenvalue weighted by Gasteiger charge is -2.01. The van der Waals surface area contributed by atoms with E-state index in [4.69, 9.17) is 0 Å². The number of hydrogen-bond acceptors (Lipinski definition) is 4. The molecule has 0 spiro atoms. The summed E-state index contributed by atoms with van der Waals surface area (Å²) >= 11 is 0. The number of methoxy groups -OCH3 is 2. The number of carbonyl (C=O) groups excluding carboxylic acids is 2. The van der Waals surface area contributed by atoms with Crippen molar-refractivity contribution in [3.05, 3.63) is 23.0 Å². The summed E-state index contributed by atoms with van der Waals surface area (Å²) in [6.45, 7) is 1.68. The summed E-state index contributed by atoms with van der Waals surface area (Å²) in [5, 5.41) is 0.